The zero-order chi connectivity index (χ0) is 33.8. The SMILES string of the molecule is C[C@@H]1[C@H](CN2CCN(c3ncccn3)CC2)O[C@H](c2cccc(NC(=O)[C@@H]3CCCN3C(=O)C(F)(F)F)c2)O[C@@H]1c1ccc(CO)cc1. The molecule has 3 aromatic rings. The van der Waals surface area contributed by atoms with Crippen molar-refractivity contribution in [3.63, 3.8) is 0 Å². The van der Waals surface area contributed by atoms with Gasteiger partial charge in [0.1, 0.15) is 6.04 Å². The van der Waals surface area contributed by atoms with E-state index < -0.39 is 30.3 Å². The number of nitrogens with zero attached hydrogens (tertiary/aromatic N) is 5. The van der Waals surface area contributed by atoms with Crippen LogP contribution in [0.25, 0.3) is 0 Å². The number of piperazine rings is 1. The van der Waals surface area contributed by atoms with Crippen LogP contribution in [0.2, 0.25) is 0 Å². The number of hydrogen-bond acceptors (Lipinski definition) is 9. The van der Waals surface area contributed by atoms with Gasteiger partial charge in [-0.05, 0) is 42.2 Å². The third-order valence-corrected chi connectivity index (χ3v) is 9.25. The first-order valence-electron chi connectivity index (χ1n) is 16.1. The number of nitrogens with one attached hydrogen (secondary N) is 1. The van der Waals surface area contributed by atoms with Crippen LogP contribution in [-0.2, 0) is 25.7 Å². The van der Waals surface area contributed by atoms with Crippen molar-refractivity contribution in [2.24, 2.45) is 5.92 Å². The van der Waals surface area contributed by atoms with Crippen molar-refractivity contribution < 1.29 is 37.3 Å². The number of amides is 2. The first-order valence-corrected chi connectivity index (χ1v) is 16.1. The maximum Gasteiger partial charge on any atom is 0.471 e. The van der Waals surface area contributed by atoms with Crippen molar-refractivity contribution in [1.29, 1.82) is 0 Å². The normalized spacial score (nSPS) is 25.2. The van der Waals surface area contributed by atoms with Crippen LogP contribution in [0.1, 0.15) is 48.8 Å². The first-order chi connectivity index (χ1) is 23.1. The molecular weight excluding hydrogens is 629 g/mol. The van der Waals surface area contributed by atoms with Crippen molar-refractivity contribution in [3.05, 3.63) is 83.7 Å². The van der Waals surface area contributed by atoms with E-state index in [4.69, 9.17) is 9.47 Å². The van der Waals surface area contributed by atoms with E-state index >= 15 is 0 Å². The Morgan fingerprint density at radius 2 is 1.69 bits per heavy atom. The number of hydrogen-bond donors (Lipinski definition) is 2. The van der Waals surface area contributed by atoms with E-state index in [1.165, 1.54) is 0 Å². The third kappa shape index (κ3) is 7.62. The molecule has 0 saturated carbocycles. The predicted octanol–water partition coefficient (Wildman–Crippen LogP) is 4.07. The minimum absolute atomic E-state index is 0.0425. The lowest BCUT2D eigenvalue weighted by molar-refractivity contribution is -0.276. The second kappa shape index (κ2) is 14.6. The summed E-state index contributed by atoms with van der Waals surface area (Å²) in [5, 5.41) is 12.3. The largest absolute Gasteiger partial charge is 0.471 e. The van der Waals surface area contributed by atoms with Crippen LogP contribution < -0.4 is 10.2 Å². The molecule has 0 unspecified atom stereocenters. The van der Waals surface area contributed by atoms with Crippen molar-refractivity contribution in [3.8, 4) is 0 Å². The maximum atomic E-state index is 13.1. The highest BCUT2D eigenvalue weighted by Crippen LogP contribution is 2.42. The number of rotatable bonds is 8. The van der Waals surface area contributed by atoms with Gasteiger partial charge in [-0.25, -0.2) is 9.97 Å². The summed E-state index contributed by atoms with van der Waals surface area (Å²) >= 11 is 0. The molecule has 3 aliphatic heterocycles. The average molecular weight is 669 g/mol. The van der Waals surface area contributed by atoms with Crippen LogP contribution in [0.15, 0.2) is 67.0 Å². The minimum Gasteiger partial charge on any atom is -0.392 e. The number of alkyl halides is 3. The third-order valence-electron chi connectivity index (χ3n) is 9.25. The Morgan fingerprint density at radius 3 is 2.38 bits per heavy atom. The molecule has 0 spiro atoms. The molecule has 2 N–H and O–H groups in total. The van der Waals surface area contributed by atoms with Crippen molar-refractivity contribution >= 4 is 23.5 Å². The van der Waals surface area contributed by atoms with Gasteiger partial charge >= 0.3 is 12.1 Å². The fourth-order valence-electron chi connectivity index (χ4n) is 6.60. The van der Waals surface area contributed by atoms with E-state index in [0.717, 1.165) is 37.3 Å². The zero-order valence-electron chi connectivity index (χ0n) is 26.6. The highest BCUT2D eigenvalue weighted by molar-refractivity contribution is 5.98. The summed E-state index contributed by atoms with van der Waals surface area (Å²) < 4.78 is 52.6. The summed E-state index contributed by atoms with van der Waals surface area (Å²) in [4.78, 5) is 38.9. The summed E-state index contributed by atoms with van der Waals surface area (Å²) in [7, 11) is 0. The van der Waals surface area contributed by atoms with Gasteiger partial charge in [-0.15, -0.1) is 0 Å². The molecule has 1 aromatic heterocycles. The Morgan fingerprint density at radius 1 is 0.958 bits per heavy atom. The van der Waals surface area contributed by atoms with Crippen LogP contribution in [0.5, 0.6) is 0 Å². The second-order valence-corrected chi connectivity index (χ2v) is 12.4. The number of carbonyl (C=O) groups is 2. The quantitative estimate of drug-likeness (QED) is 0.366. The fourth-order valence-corrected chi connectivity index (χ4v) is 6.60. The minimum atomic E-state index is -5.05. The molecule has 5 atom stereocenters. The Labute approximate surface area is 276 Å². The molecule has 3 fully saturated rings. The van der Waals surface area contributed by atoms with Crippen LogP contribution in [0.3, 0.4) is 0 Å². The van der Waals surface area contributed by atoms with E-state index in [9.17, 15) is 27.9 Å². The Balaban J connectivity index is 1.18. The Kier molecular flexibility index (Phi) is 10.2. The van der Waals surface area contributed by atoms with Gasteiger partial charge in [0.25, 0.3) is 0 Å². The van der Waals surface area contributed by atoms with Crippen LogP contribution >= 0.6 is 0 Å². The van der Waals surface area contributed by atoms with Gasteiger partial charge in [0, 0.05) is 68.8 Å². The number of likely N-dealkylation sites (tertiary alicyclic amines) is 1. The van der Waals surface area contributed by atoms with Crippen molar-refractivity contribution in [2.45, 2.75) is 57.1 Å². The molecule has 11 nitrogen and oxygen atoms in total. The molecule has 0 aliphatic carbocycles. The van der Waals surface area contributed by atoms with E-state index in [-0.39, 0.29) is 37.7 Å². The van der Waals surface area contributed by atoms with E-state index in [0.29, 0.717) is 35.1 Å². The monoisotopic (exact) mass is 668 g/mol. The summed E-state index contributed by atoms with van der Waals surface area (Å²) in [5.41, 5.74) is 2.70. The van der Waals surface area contributed by atoms with Gasteiger partial charge in [0.15, 0.2) is 6.29 Å². The number of ether oxygens (including phenoxy) is 2. The molecule has 0 bridgehead atoms. The van der Waals surface area contributed by atoms with Crippen LogP contribution in [0, 0.1) is 5.92 Å². The predicted molar refractivity (Wildman–Crippen MR) is 170 cm³/mol. The Hall–Kier alpha value is -4.11. The van der Waals surface area contributed by atoms with Crippen LogP contribution in [0.4, 0.5) is 24.8 Å². The number of aliphatic hydroxyl groups excluding tert-OH is 1. The van der Waals surface area contributed by atoms with Gasteiger partial charge in [-0.2, -0.15) is 13.2 Å². The summed E-state index contributed by atoms with van der Waals surface area (Å²) in [6.45, 7) is 5.67. The highest BCUT2D eigenvalue weighted by Gasteiger charge is 2.48. The summed E-state index contributed by atoms with van der Waals surface area (Å²) in [6.07, 6.45) is -2.52. The smallest absolute Gasteiger partial charge is 0.392 e. The fraction of sp³-hybridized carbons (Fsp3) is 0.471. The van der Waals surface area contributed by atoms with Crippen LogP contribution in [-0.4, -0.2) is 94.3 Å². The zero-order valence-corrected chi connectivity index (χ0v) is 26.6. The lowest BCUT2D eigenvalue weighted by Crippen LogP contribution is -2.51. The van der Waals surface area contributed by atoms with E-state index in [1.54, 1.807) is 36.7 Å². The van der Waals surface area contributed by atoms with Crippen molar-refractivity contribution in [1.82, 2.24) is 19.8 Å². The molecule has 2 aromatic carbocycles. The second-order valence-electron chi connectivity index (χ2n) is 12.4. The van der Waals surface area contributed by atoms with E-state index in [1.807, 2.05) is 30.3 Å². The number of halogens is 3. The average Bonchev–Trinajstić information content (AvgIpc) is 3.59. The van der Waals surface area contributed by atoms with Crippen molar-refractivity contribution in [2.75, 3.05) is 49.5 Å². The molecular formula is C34H39F3N6O5. The number of aliphatic hydroxyl groups is 1. The number of aromatic nitrogens is 2. The van der Waals surface area contributed by atoms with Gasteiger partial charge in [-0.3, -0.25) is 14.5 Å². The standard InChI is InChI=1S/C34H39F3N6O5/c1-22-28(20-41-15-17-42(18-16-41)33-38-12-4-13-39-33)47-31(48-29(22)24-10-8-23(21-44)9-11-24)25-5-2-6-26(19-25)40-30(45)27-7-3-14-43(27)32(46)34(35,36)37/h2,4-6,8-13,19,22,27-29,31,44H,3,7,14-18,20-21H2,1H3,(H,40,45)/t22-,27+,28+,29+,31+/m1/s1. The number of anilines is 2. The van der Waals surface area contributed by atoms with Gasteiger partial charge in [-0.1, -0.05) is 43.3 Å². The first kappa shape index (κ1) is 33.8. The molecule has 4 heterocycles. The number of carbonyl (C=O) groups excluding carboxylic acids is 2. The highest BCUT2D eigenvalue weighted by atomic mass is 19.4. The molecule has 256 valence electrons. The van der Waals surface area contributed by atoms with Gasteiger partial charge in [0.05, 0.1) is 18.8 Å². The molecule has 2 amide bonds. The topological polar surface area (TPSA) is 120 Å². The van der Waals surface area contributed by atoms with E-state index in [2.05, 4.69) is 32.0 Å². The number of benzene rings is 2. The molecule has 6 rings (SSSR count). The lowest BCUT2D eigenvalue weighted by atomic mass is 9.90. The molecule has 3 aliphatic rings. The summed E-state index contributed by atoms with van der Waals surface area (Å²) in [5.74, 6) is -2.02. The molecule has 14 heteroatoms. The van der Waals surface area contributed by atoms with Gasteiger partial charge in [0.2, 0.25) is 11.9 Å². The Bertz CT molecular complexity index is 1550. The van der Waals surface area contributed by atoms with Gasteiger partial charge < -0.3 is 29.7 Å². The lowest BCUT2D eigenvalue weighted by Gasteiger charge is -2.44. The molecule has 48 heavy (non-hydrogen) atoms. The maximum absolute atomic E-state index is 13.1. The molecule has 3 saturated heterocycles. The molecule has 0 radical (unpaired) electrons. The summed E-state index contributed by atoms with van der Waals surface area (Å²) in [6, 6.07) is 15.0.